The third-order valence-electron chi connectivity index (χ3n) is 4.46. The van der Waals surface area contributed by atoms with Crippen LogP contribution >= 0.6 is 0 Å². The lowest BCUT2D eigenvalue weighted by Gasteiger charge is -2.34. The standard InChI is InChI=1S/C20H21N3O3/c24-20(11-8-17-6-9-19(10-7-17)23(25)26)22-14-12-21(13-15-22)16-18-4-2-1-3-5-18/h1-11H,12-16H2/b11-8+. The number of nitrogens with zero attached hydrogens (tertiary/aromatic N) is 3. The van der Waals surface area contributed by atoms with Gasteiger partial charge in [-0.05, 0) is 29.3 Å². The maximum absolute atomic E-state index is 12.3. The Morgan fingerprint density at radius 1 is 1.00 bits per heavy atom. The number of nitro groups is 1. The average Bonchev–Trinajstić information content (AvgIpc) is 2.68. The molecule has 0 bridgehead atoms. The van der Waals surface area contributed by atoms with Crippen molar-refractivity contribution in [1.82, 2.24) is 9.80 Å². The highest BCUT2D eigenvalue weighted by Gasteiger charge is 2.19. The molecule has 1 aliphatic heterocycles. The van der Waals surface area contributed by atoms with Crippen molar-refractivity contribution < 1.29 is 9.72 Å². The van der Waals surface area contributed by atoms with Crippen molar-refractivity contribution in [2.45, 2.75) is 6.54 Å². The van der Waals surface area contributed by atoms with Crippen LogP contribution in [0.15, 0.2) is 60.7 Å². The van der Waals surface area contributed by atoms with E-state index < -0.39 is 4.92 Å². The van der Waals surface area contributed by atoms with Gasteiger partial charge in [0.2, 0.25) is 5.91 Å². The molecule has 0 radical (unpaired) electrons. The summed E-state index contributed by atoms with van der Waals surface area (Å²) in [5, 5.41) is 10.6. The number of carbonyl (C=O) groups is 1. The number of nitro benzene ring substituents is 1. The van der Waals surface area contributed by atoms with Crippen LogP contribution in [0.2, 0.25) is 0 Å². The lowest BCUT2D eigenvalue weighted by atomic mass is 10.2. The third kappa shape index (κ3) is 4.77. The lowest BCUT2D eigenvalue weighted by Crippen LogP contribution is -2.47. The van der Waals surface area contributed by atoms with Crippen molar-refractivity contribution in [3.63, 3.8) is 0 Å². The Balaban J connectivity index is 1.49. The van der Waals surface area contributed by atoms with Gasteiger partial charge in [0.05, 0.1) is 4.92 Å². The summed E-state index contributed by atoms with van der Waals surface area (Å²) < 4.78 is 0. The monoisotopic (exact) mass is 351 g/mol. The highest BCUT2D eigenvalue weighted by molar-refractivity contribution is 5.91. The summed E-state index contributed by atoms with van der Waals surface area (Å²) in [6.07, 6.45) is 3.23. The van der Waals surface area contributed by atoms with Gasteiger partial charge in [-0.2, -0.15) is 0 Å². The van der Waals surface area contributed by atoms with Gasteiger partial charge in [0.1, 0.15) is 0 Å². The van der Waals surface area contributed by atoms with Gasteiger partial charge >= 0.3 is 0 Å². The second-order valence-electron chi connectivity index (χ2n) is 6.27. The summed E-state index contributed by atoms with van der Waals surface area (Å²) in [4.78, 5) is 26.7. The van der Waals surface area contributed by atoms with Crippen LogP contribution in [0.1, 0.15) is 11.1 Å². The molecular weight excluding hydrogens is 330 g/mol. The first-order chi connectivity index (χ1) is 12.6. The summed E-state index contributed by atoms with van der Waals surface area (Å²) in [6.45, 7) is 4.02. The van der Waals surface area contributed by atoms with Crippen molar-refractivity contribution >= 4 is 17.7 Å². The van der Waals surface area contributed by atoms with Gasteiger partial charge < -0.3 is 4.90 Å². The van der Waals surface area contributed by atoms with Crippen LogP contribution in [-0.2, 0) is 11.3 Å². The molecule has 1 fully saturated rings. The molecule has 0 N–H and O–H groups in total. The number of non-ortho nitro benzene ring substituents is 1. The van der Waals surface area contributed by atoms with Gasteiger partial charge in [-0.1, -0.05) is 30.3 Å². The summed E-state index contributed by atoms with van der Waals surface area (Å²) in [6, 6.07) is 16.5. The Morgan fingerprint density at radius 3 is 2.27 bits per heavy atom. The van der Waals surface area contributed by atoms with Gasteiger partial charge in [-0.3, -0.25) is 19.8 Å². The molecular formula is C20H21N3O3. The Labute approximate surface area is 152 Å². The third-order valence-corrected chi connectivity index (χ3v) is 4.46. The number of rotatable bonds is 5. The highest BCUT2D eigenvalue weighted by atomic mass is 16.6. The molecule has 0 unspecified atom stereocenters. The van der Waals surface area contributed by atoms with E-state index in [1.165, 1.54) is 23.8 Å². The first kappa shape index (κ1) is 17.8. The number of hydrogen-bond donors (Lipinski definition) is 0. The van der Waals surface area contributed by atoms with Gasteiger partial charge in [-0.15, -0.1) is 0 Å². The SMILES string of the molecule is O=C(/C=C/c1ccc([N+](=O)[O-])cc1)N1CCN(Cc2ccccc2)CC1. The zero-order valence-electron chi connectivity index (χ0n) is 14.5. The number of hydrogen-bond acceptors (Lipinski definition) is 4. The molecule has 0 saturated carbocycles. The minimum absolute atomic E-state index is 0.0253. The molecule has 0 spiro atoms. The molecule has 26 heavy (non-hydrogen) atoms. The smallest absolute Gasteiger partial charge is 0.269 e. The number of carbonyl (C=O) groups excluding carboxylic acids is 1. The molecule has 1 heterocycles. The van der Waals surface area contributed by atoms with Crippen LogP contribution in [0, 0.1) is 10.1 Å². The molecule has 6 nitrogen and oxygen atoms in total. The minimum Gasteiger partial charge on any atom is -0.337 e. The number of amides is 1. The normalized spacial score (nSPS) is 15.3. The predicted octanol–water partition coefficient (Wildman–Crippen LogP) is 2.95. The molecule has 6 heteroatoms. The van der Waals surface area contributed by atoms with Crippen LogP contribution in [0.5, 0.6) is 0 Å². The first-order valence-electron chi connectivity index (χ1n) is 8.59. The second kappa shape index (κ2) is 8.40. The molecule has 0 aromatic heterocycles. The van der Waals surface area contributed by atoms with E-state index in [2.05, 4.69) is 17.0 Å². The lowest BCUT2D eigenvalue weighted by molar-refractivity contribution is -0.384. The minimum atomic E-state index is -0.437. The molecule has 0 atom stereocenters. The highest BCUT2D eigenvalue weighted by Crippen LogP contribution is 2.13. The van der Waals surface area contributed by atoms with Crippen LogP contribution in [-0.4, -0.2) is 46.8 Å². The van der Waals surface area contributed by atoms with Crippen molar-refractivity contribution in [3.8, 4) is 0 Å². The largest absolute Gasteiger partial charge is 0.337 e. The van der Waals surface area contributed by atoms with E-state index in [4.69, 9.17) is 0 Å². The molecule has 1 amide bonds. The fourth-order valence-corrected chi connectivity index (χ4v) is 2.95. The van der Waals surface area contributed by atoms with Crippen molar-refractivity contribution in [2.24, 2.45) is 0 Å². The summed E-state index contributed by atoms with van der Waals surface area (Å²) >= 11 is 0. The fraction of sp³-hybridized carbons (Fsp3) is 0.250. The van der Waals surface area contributed by atoms with Crippen LogP contribution in [0.4, 0.5) is 5.69 Å². The number of benzene rings is 2. The summed E-state index contributed by atoms with van der Waals surface area (Å²) in [7, 11) is 0. The summed E-state index contributed by atoms with van der Waals surface area (Å²) in [5.74, 6) is -0.0253. The quantitative estimate of drug-likeness (QED) is 0.472. The molecule has 1 saturated heterocycles. The van der Waals surface area contributed by atoms with E-state index in [9.17, 15) is 14.9 Å². The number of piperazine rings is 1. The van der Waals surface area contributed by atoms with E-state index in [0.717, 1.165) is 25.2 Å². The van der Waals surface area contributed by atoms with Gasteiger partial charge in [0.15, 0.2) is 0 Å². The molecule has 0 aliphatic carbocycles. The van der Waals surface area contributed by atoms with Crippen LogP contribution < -0.4 is 0 Å². The first-order valence-corrected chi connectivity index (χ1v) is 8.59. The second-order valence-corrected chi connectivity index (χ2v) is 6.27. The molecule has 1 aliphatic rings. The predicted molar refractivity (Wildman–Crippen MR) is 100 cm³/mol. The van der Waals surface area contributed by atoms with E-state index in [1.807, 2.05) is 23.1 Å². The summed E-state index contributed by atoms with van der Waals surface area (Å²) in [5.41, 5.74) is 2.10. The van der Waals surface area contributed by atoms with Crippen LogP contribution in [0.25, 0.3) is 6.08 Å². The topological polar surface area (TPSA) is 66.7 Å². The van der Waals surface area contributed by atoms with Gasteiger partial charge in [0.25, 0.3) is 5.69 Å². The van der Waals surface area contributed by atoms with Crippen molar-refractivity contribution in [1.29, 1.82) is 0 Å². The van der Waals surface area contributed by atoms with Crippen molar-refractivity contribution in [3.05, 3.63) is 81.9 Å². The molecule has 2 aromatic carbocycles. The van der Waals surface area contributed by atoms with E-state index in [-0.39, 0.29) is 11.6 Å². The zero-order chi connectivity index (χ0) is 18.4. The van der Waals surface area contributed by atoms with E-state index >= 15 is 0 Å². The Hall–Kier alpha value is -2.99. The Morgan fingerprint density at radius 2 is 1.65 bits per heavy atom. The Bertz CT molecular complexity index is 780. The zero-order valence-corrected chi connectivity index (χ0v) is 14.5. The average molecular weight is 351 g/mol. The van der Waals surface area contributed by atoms with E-state index in [1.54, 1.807) is 18.2 Å². The molecule has 2 aromatic rings. The molecule has 3 rings (SSSR count). The fourth-order valence-electron chi connectivity index (χ4n) is 2.95. The maximum Gasteiger partial charge on any atom is 0.269 e. The van der Waals surface area contributed by atoms with Gasteiger partial charge in [0, 0.05) is 50.9 Å². The van der Waals surface area contributed by atoms with Crippen molar-refractivity contribution in [2.75, 3.05) is 26.2 Å². The maximum atomic E-state index is 12.3. The molecule has 134 valence electrons. The van der Waals surface area contributed by atoms with Gasteiger partial charge in [-0.25, -0.2) is 0 Å². The van der Waals surface area contributed by atoms with E-state index in [0.29, 0.717) is 13.1 Å². The Kier molecular flexibility index (Phi) is 5.76. The van der Waals surface area contributed by atoms with Crippen LogP contribution in [0.3, 0.4) is 0 Å².